The van der Waals surface area contributed by atoms with Crippen LogP contribution in [0, 0.1) is 0 Å². The number of furan rings is 1. The molecule has 0 spiro atoms. The number of nitrogens with zero attached hydrogens (tertiary/aromatic N) is 1. The van der Waals surface area contributed by atoms with Gasteiger partial charge < -0.3 is 9.32 Å². The molecular weight excluding hydrogens is 687 g/mol. The number of thiophene rings is 1. The van der Waals surface area contributed by atoms with Gasteiger partial charge in [-0.05, 0) is 111 Å². The predicted molar refractivity (Wildman–Crippen MR) is 235 cm³/mol. The van der Waals surface area contributed by atoms with Crippen LogP contribution >= 0.6 is 11.3 Å². The van der Waals surface area contributed by atoms with Crippen molar-refractivity contribution in [2.24, 2.45) is 0 Å². The number of benzene rings is 9. The van der Waals surface area contributed by atoms with Crippen LogP contribution in [0.3, 0.4) is 0 Å². The van der Waals surface area contributed by atoms with Crippen molar-refractivity contribution in [1.29, 1.82) is 0 Å². The zero-order chi connectivity index (χ0) is 36.3. The van der Waals surface area contributed by atoms with Crippen LogP contribution in [0.15, 0.2) is 205 Å². The summed E-state index contributed by atoms with van der Waals surface area (Å²) in [6.07, 6.45) is 0. The molecule has 0 unspecified atom stereocenters. The third kappa shape index (κ3) is 5.48. The van der Waals surface area contributed by atoms with Gasteiger partial charge in [-0.2, -0.15) is 0 Å². The van der Waals surface area contributed by atoms with Crippen LogP contribution in [0.2, 0.25) is 0 Å². The second kappa shape index (κ2) is 12.9. The molecule has 0 amide bonds. The summed E-state index contributed by atoms with van der Waals surface area (Å²) < 4.78 is 8.92. The van der Waals surface area contributed by atoms with Gasteiger partial charge in [-0.3, -0.25) is 0 Å². The summed E-state index contributed by atoms with van der Waals surface area (Å²) in [6, 6.07) is 72.3. The van der Waals surface area contributed by atoms with Crippen LogP contribution < -0.4 is 4.90 Å². The highest BCUT2D eigenvalue weighted by Gasteiger charge is 2.18. The first-order chi connectivity index (χ1) is 27.2. The fourth-order valence-corrected chi connectivity index (χ4v) is 9.32. The summed E-state index contributed by atoms with van der Waals surface area (Å²) in [5.41, 5.74) is 12.1. The maximum absolute atomic E-state index is 6.29. The third-order valence-electron chi connectivity index (χ3n) is 10.8. The molecule has 0 bridgehead atoms. The van der Waals surface area contributed by atoms with Gasteiger partial charge in [0, 0.05) is 48.0 Å². The molecule has 2 heterocycles. The summed E-state index contributed by atoms with van der Waals surface area (Å²) in [4.78, 5) is 2.38. The van der Waals surface area contributed by atoms with Gasteiger partial charge in [-0.25, -0.2) is 0 Å². The van der Waals surface area contributed by atoms with Gasteiger partial charge in [0.2, 0.25) is 0 Å². The molecule has 55 heavy (non-hydrogen) atoms. The van der Waals surface area contributed by atoms with Crippen LogP contribution in [0.5, 0.6) is 0 Å². The van der Waals surface area contributed by atoms with Crippen molar-refractivity contribution < 1.29 is 4.42 Å². The van der Waals surface area contributed by atoms with E-state index in [-0.39, 0.29) is 0 Å². The van der Waals surface area contributed by atoms with E-state index in [0.717, 1.165) is 50.1 Å². The quantitative estimate of drug-likeness (QED) is 0.170. The monoisotopic (exact) mass is 719 g/mol. The largest absolute Gasteiger partial charge is 0.456 e. The summed E-state index contributed by atoms with van der Waals surface area (Å²) in [5.74, 6) is 0. The van der Waals surface area contributed by atoms with Crippen LogP contribution in [-0.4, -0.2) is 0 Å². The fraction of sp³-hybridized carbons (Fsp3) is 0. The van der Waals surface area contributed by atoms with E-state index in [1.807, 2.05) is 23.5 Å². The number of hydrogen-bond donors (Lipinski definition) is 0. The number of anilines is 3. The zero-order valence-corrected chi connectivity index (χ0v) is 30.6. The Morgan fingerprint density at radius 1 is 0.345 bits per heavy atom. The normalized spacial score (nSPS) is 11.6. The molecule has 11 rings (SSSR count). The van der Waals surface area contributed by atoms with Crippen LogP contribution in [0.4, 0.5) is 17.1 Å². The summed E-state index contributed by atoms with van der Waals surface area (Å²) in [6.45, 7) is 0. The first-order valence-electron chi connectivity index (χ1n) is 18.7. The van der Waals surface area contributed by atoms with Gasteiger partial charge in [-0.15, -0.1) is 11.3 Å². The molecule has 0 fully saturated rings. The minimum atomic E-state index is 0.897. The number of rotatable bonds is 6. The molecule has 9 aromatic carbocycles. The molecule has 0 atom stereocenters. The van der Waals surface area contributed by atoms with Crippen molar-refractivity contribution in [3.63, 3.8) is 0 Å². The van der Waals surface area contributed by atoms with Gasteiger partial charge in [0.05, 0.1) is 0 Å². The SMILES string of the molecule is c1cc(-c2ccc3c(c2)sc2ccccc23)cc(N(c2ccc(-c3ccc4ccccc4c3)cc2)c2cccc(-c3cccc4oc5ccccc5c34)c2)c1. The minimum absolute atomic E-state index is 0.897. The molecule has 0 saturated carbocycles. The van der Waals surface area contributed by atoms with Crippen LogP contribution in [0.25, 0.3) is 86.3 Å². The highest BCUT2D eigenvalue weighted by atomic mass is 32.1. The maximum Gasteiger partial charge on any atom is 0.136 e. The Labute approximate surface area is 322 Å². The number of para-hydroxylation sites is 1. The first kappa shape index (κ1) is 31.6. The molecule has 0 radical (unpaired) electrons. The molecule has 2 aromatic heterocycles. The van der Waals surface area contributed by atoms with Gasteiger partial charge in [0.25, 0.3) is 0 Å². The van der Waals surface area contributed by atoms with Crippen molar-refractivity contribution in [1.82, 2.24) is 0 Å². The molecule has 0 aliphatic heterocycles. The van der Waals surface area contributed by atoms with E-state index in [9.17, 15) is 0 Å². The van der Waals surface area contributed by atoms with Crippen molar-refractivity contribution in [3.8, 4) is 33.4 Å². The highest BCUT2D eigenvalue weighted by Crippen LogP contribution is 2.43. The van der Waals surface area contributed by atoms with Crippen molar-refractivity contribution >= 4 is 81.3 Å². The Bertz CT molecular complexity index is 3220. The van der Waals surface area contributed by atoms with E-state index in [2.05, 4.69) is 193 Å². The van der Waals surface area contributed by atoms with E-state index >= 15 is 0 Å². The Morgan fingerprint density at radius 3 is 1.84 bits per heavy atom. The van der Waals surface area contributed by atoms with E-state index in [1.165, 1.54) is 53.2 Å². The van der Waals surface area contributed by atoms with E-state index < -0.39 is 0 Å². The lowest BCUT2D eigenvalue weighted by atomic mass is 9.98. The van der Waals surface area contributed by atoms with Crippen LogP contribution in [0.1, 0.15) is 0 Å². The van der Waals surface area contributed by atoms with E-state index in [0.29, 0.717) is 0 Å². The molecule has 0 saturated heterocycles. The average molecular weight is 720 g/mol. The second-order valence-corrected chi connectivity index (χ2v) is 15.2. The first-order valence-corrected chi connectivity index (χ1v) is 19.5. The Hall–Kier alpha value is -6.94. The average Bonchev–Trinajstić information content (AvgIpc) is 3.82. The lowest BCUT2D eigenvalue weighted by Gasteiger charge is -2.27. The molecule has 0 N–H and O–H groups in total. The van der Waals surface area contributed by atoms with Crippen molar-refractivity contribution in [2.75, 3.05) is 4.90 Å². The molecule has 11 aromatic rings. The minimum Gasteiger partial charge on any atom is -0.456 e. The molecule has 0 aliphatic carbocycles. The maximum atomic E-state index is 6.29. The molecular formula is C52H33NOS. The Kier molecular flexibility index (Phi) is 7.39. The van der Waals surface area contributed by atoms with Crippen LogP contribution in [-0.2, 0) is 0 Å². The van der Waals surface area contributed by atoms with E-state index in [1.54, 1.807) is 0 Å². The third-order valence-corrected chi connectivity index (χ3v) is 12.0. The number of fused-ring (bicyclic) bond motifs is 7. The molecule has 3 heteroatoms. The lowest BCUT2D eigenvalue weighted by Crippen LogP contribution is -2.10. The predicted octanol–water partition coefficient (Wildman–Crippen LogP) is 15.6. The van der Waals surface area contributed by atoms with Gasteiger partial charge >= 0.3 is 0 Å². The summed E-state index contributed by atoms with van der Waals surface area (Å²) in [7, 11) is 0. The summed E-state index contributed by atoms with van der Waals surface area (Å²) >= 11 is 1.86. The van der Waals surface area contributed by atoms with Crippen molar-refractivity contribution in [3.05, 3.63) is 200 Å². The second-order valence-electron chi connectivity index (χ2n) is 14.1. The van der Waals surface area contributed by atoms with Gasteiger partial charge in [0.15, 0.2) is 0 Å². The lowest BCUT2D eigenvalue weighted by molar-refractivity contribution is 0.669. The fourth-order valence-electron chi connectivity index (χ4n) is 8.18. The highest BCUT2D eigenvalue weighted by molar-refractivity contribution is 7.25. The molecule has 2 nitrogen and oxygen atoms in total. The molecule has 258 valence electrons. The zero-order valence-electron chi connectivity index (χ0n) is 29.8. The van der Waals surface area contributed by atoms with Gasteiger partial charge in [-0.1, -0.05) is 133 Å². The Morgan fingerprint density at radius 2 is 0.964 bits per heavy atom. The van der Waals surface area contributed by atoms with Gasteiger partial charge in [0.1, 0.15) is 11.2 Å². The van der Waals surface area contributed by atoms with Crippen molar-refractivity contribution in [2.45, 2.75) is 0 Å². The summed E-state index contributed by atoms with van der Waals surface area (Å²) in [5, 5.41) is 7.39. The van der Waals surface area contributed by atoms with E-state index in [4.69, 9.17) is 4.42 Å². The standard InChI is InChI=1S/C52H33NOS/c1-2-11-36-30-38(23-22-34(36)10-1)35-24-27-41(28-25-35)53(42-14-7-12-37(31-42)39-26-29-46-45-16-4-6-21-50(45)55-51(46)33-39)43-15-8-13-40(32-43)44-18-9-20-49-52(44)47-17-3-5-19-48(47)54-49/h1-33H. The topological polar surface area (TPSA) is 16.4 Å². The smallest absolute Gasteiger partial charge is 0.136 e. The molecule has 0 aliphatic rings. The number of hydrogen-bond acceptors (Lipinski definition) is 3. The Balaban J connectivity index is 1.05.